The lowest BCUT2D eigenvalue weighted by molar-refractivity contribution is 0.602. The molecule has 1 aromatic heterocycles. The molecule has 0 aliphatic heterocycles. The normalized spacial score (nSPS) is 15.0. The van der Waals surface area contributed by atoms with E-state index >= 15 is 0 Å². The highest BCUT2D eigenvalue weighted by Gasteiger charge is 2.17. The Balaban J connectivity index is 2.35. The van der Waals surface area contributed by atoms with Gasteiger partial charge in [0.15, 0.2) is 0 Å². The van der Waals surface area contributed by atoms with Crippen molar-refractivity contribution in [3.8, 4) is 0 Å². The summed E-state index contributed by atoms with van der Waals surface area (Å²) in [5.41, 5.74) is 5.14. The predicted molar refractivity (Wildman–Crippen MR) is 65.0 cm³/mol. The van der Waals surface area contributed by atoms with Gasteiger partial charge < -0.3 is 5.43 Å². The third kappa shape index (κ3) is 2.32. The van der Waals surface area contributed by atoms with Gasteiger partial charge in [-0.1, -0.05) is 13.8 Å². The average Bonchev–Trinajstić information content (AvgIpc) is 2.27. The summed E-state index contributed by atoms with van der Waals surface area (Å²) >= 11 is 0. The molecule has 0 atom stereocenters. The summed E-state index contributed by atoms with van der Waals surface area (Å²) in [5, 5.41) is 0. The zero-order valence-corrected chi connectivity index (χ0v) is 10.1. The summed E-state index contributed by atoms with van der Waals surface area (Å²) in [6.45, 7) is 4.36. The summed E-state index contributed by atoms with van der Waals surface area (Å²) in [5.74, 6) is 7.86. The molecule has 0 radical (unpaired) electrons. The van der Waals surface area contributed by atoms with Gasteiger partial charge in [0, 0.05) is 17.7 Å². The number of nitrogens with zero attached hydrogens (tertiary/aromatic N) is 2. The summed E-state index contributed by atoms with van der Waals surface area (Å²) in [4.78, 5) is 9.15. The first-order valence-electron chi connectivity index (χ1n) is 6.06. The molecule has 0 spiro atoms. The molecule has 4 nitrogen and oxygen atoms in total. The van der Waals surface area contributed by atoms with E-state index in [9.17, 15) is 0 Å². The average molecular weight is 220 g/mol. The van der Waals surface area contributed by atoms with Crippen LogP contribution in [-0.2, 0) is 19.3 Å². The van der Waals surface area contributed by atoms with Gasteiger partial charge in [0.2, 0.25) is 0 Å². The second-order valence-corrected chi connectivity index (χ2v) is 4.86. The molecule has 88 valence electrons. The van der Waals surface area contributed by atoms with Crippen LogP contribution in [0.4, 0.5) is 5.82 Å². The number of hydrogen-bond donors (Lipinski definition) is 2. The third-order valence-corrected chi connectivity index (χ3v) is 2.96. The zero-order chi connectivity index (χ0) is 11.5. The van der Waals surface area contributed by atoms with Crippen LogP contribution in [0.1, 0.15) is 43.8 Å². The minimum Gasteiger partial charge on any atom is -0.308 e. The lowest BCUT2D eigenvalue weighted by Gasteiger charge is -2.19. The van der Waals surface area contributed by atoms with Crippen LogP contribution in [0.5, 0.6) is 0 Å². The van der Waals surface area contributed by atoms with E-state index in [1.165, 1.54) is 24.1 Å². The van der Waals surface area contributed by atoms with Gasteiger partial charge in [0.1, 0.15) is 11.6 Å². The number of nitrogens with two attached hydrogens (primary N) is 1. The molecule has 0 bridgehead atoms. The van der Waals surface area contributed by atoms with E-state index in [0.717, 1.165) is 30.9 Å². The second-order valence-electron chi connectivity index (χ2n) is 4.86. The highest BCUT2D eigenvalue weighted by Crippen LogP contribution is 2.25. The maximum absolute atomic E-state index is 5.53. The van der Waals surface area contributed by atoms with Crippen LogP contribution in [0.2, 0.25) is 0 Å². The molecular weight excluding hydrogens is 200 g/mol. The van der Waals surface area contributed by atoms with Crippen LogP contribution in [0, 0.1) is 5.92 Å². The zero-order valence-electron chi connectivity index (χ0n) is 10.1. The number of hydrogen-bond acceptors (Lipinski definition) is 4. The summed E-state index contributed by atoms with van der Waals surface area (Å²) in [6, 6.07) is 0. The van der Waals surface area contributed by atoms with Crippen LogP contribution in [0.25, 0.3) is 0 Å². The fourth-order valence-corrected chi connectivity index (χ4v) is 2.22. The van der Waals surface area contributed by atoms with Crippen molar-refractivity contribution in [3.05, 3.63) is 17.1 Å². The van der Waals surface area contributed by atoms with E-state index in [2.05, 4.69) is 29.2 Å². The Morgan fingerprint density at radius 3 is 2.69 bits per heavy atom. The molecule has 2 rings (SSSR count). The van der Waals surface area contributed by atoms with Crippen LogP contribution in [0.15, 0.2) is 0 Å². The van der Waals surface area contributed by atoms with E-state index in [0.29, 0.717) is 5.92 Å². The van der Waals surface area contributed by atoms with Crippen molar-refractivity contribution < 1.29 is 0 Å². The van der Waals surface area contributed by atoms with Gasteiger partial charge in [0.05, 0.1) is 0 Å². The van der Waals surface area contributed by atoms with Gasteiger partial charge in [-0.2, -0.15) is 0 Å². The SMILES string of the molecule is CC(C)Cc1nc2c(c(NN)n1)CCCC2. The quantitative estimate of drug-likeness (QED) is 0.602. The molecule has 3 N–H and O–H groups in total. The number of fused-ring (bicyclic) bond motifs is 1. The van der Waals surface area contributed by atoms with Gasteiger partial charge in [-0.15, -0.1) is 0 Å². The number of rotatable bonds is 3. The van der Waals surface area contributed by atoms with Crippen LogP contribution in [0.3, 0.4) is 0 Å². The van der Waals surface area contributed by atoms with Gasteiger partial charge in [0.25, 0.3) is 0 Å². The number of nitrogen functional groups attached to an aromatic ring is 1. The Bertz CT molecular complexity index is 356. The molecule has 1 aliphatic carbocycles. The molecule has 0 aromatic carbocycles. The molecule has 1 aromatic rings. The lowest BCUT2D eigenvalue weighted by Crippen LogP contribution is -2.18. The van der Waals surface area contributed by atoms with Gasteiger partial charge in [-0.25, -0.2) is 15.8 Å². The van der Waals surface area contributed by atoms with Crippen LogP contribution < -0.4 is 11.3 Å². The molecule has 1 aliphatic rings. The molecule has 0 saturated carbocycles. The molecule has 0 fully saturated rings. The smallest absolute Gasteiger partial charge is 0.147 e. The Kier molecular flexibility index (Phi) is 3.39. The first-order valence-corrected chi connectivity index (χ1v) is 6.06. The number of aryl methyl sites for hydroxylation is 1. The van der Waals surface area contributed by atoms with E-state index in [-0.39, 0.29) is 0 Å². The van der Waals surface area contributed by atoms with Gasteiger partial charge in [-0.3, -0.25) is 0 Å². The molecule has 0 unspecified atom stereocenters. The molecule has 1 heterocycles. The van der Waals surface area contributed by atoms with E-state index in [1.807, 2.05) is 0 Å². The third-order valence-electron chi connectivity index (χ3n) is 2.96. The monoisotopic (exact) mass is 220 g/mol. The van der Waals surface area contributed by atoms with Gasteiger partial charge in [-0.05, 0) is 31.6 Å². The highest BCUT2D eigenvalue weighted by atomic mass is 15.3. The van der Waals surface area contributed by atoms with Crippen molar-refractivity contribution in [2.45, 2.75) is 46.0 Å². The molecule has 0 saturated heterocycles. The van der Waals surface area contributed by atoms with Crippen molar-refractivity contribution in [2.24, 2.45) is 11.8 Å². The maximum Gasteiger partial charge on any atom is 0.147 e. The minimum absolute atomic E-state index is 0.576. The Labute approximate surface area is 96.6 Å². The van der Waals surface area contributed by atoms with Crippen molar-refractivity contribution in [3.63, 3.8) is 0 Å². The summed E-state index contributed by atoms with van der Waals surface area (Å²) < 4.78 is 0. The fourth-order valence-electron chi connectivity index (χ4n) is 2.22. The van der Waals surface area contributed by atoms with Crippen molar-refractivity contribution >= 4 is 5.82 Å². The van der Waals surface area contributed by atoms with Crippen LogP contribution in [-0.4, -0.2) is 9.97 Å². The topological polar surface area (TPSA) is 63.8 Å². The lowest BCUT2D eigenvalue weighted by atomic mass is 9.96. The summed E-state index contributed by atoms with van der Waals surface area (Å²) in [6.07, 6.45) is 5.49. The highest BCUT2D eigenvalue weighted by molar-refractivity contribution is 5.46. The van der Waals surface area contributed by atoms with Gasteiger partial charge >= 0.3 is 0 Å². The first-order chi connectivity index (χ1) is 7.70. The standard InChI is InChI=1S/C12H20N4/c1-8(2)7-11-14-10-6-4-3-5-9(10)12(15-11)16-13/h8H,3-7,13H2,1-2H3,(H,14,15,16). The number of nitrogens with one attached hydrogen (secondary N) is 1. The largest absolute Gasteiger partial charge is 0.308 e. The van der Waals surface area contributed by atoms with Crippen molar-refractivity contribution in [1.82, 2.24) is 9.97 Å². The number of hydrazine groups is 1. The fraction of sp³-hybridized carbons (Fsp3) is 0.667. The Hall–Kier alpha value is -1.16. The number of aromatic nitrogens is 2. The van der Waals surface area contributed by atoms with E-state index < -0.39 is 0 Å². The summed E-state index contributed by atoms with van der Waals surface area (Å²) in [7, 11) is 0. The maximum atomic E-state index is 5.53. The molecule has 0 amide bonds. The van der Waals surface area contributed by atoms with Crippen LogP contribution >= 0.6 is 0 Å². The second kappa shape index (κ2) is 4.78. The van der Waals surface area contributed by atoms with E-state index in [4.69, 9.17) is 5.84 Å². The Morgan fingerprint density at radius 2 is 2.00 bits per heavy atom. The van der Waals surface area contributed by atoms with Crippen molar-refractivity contribution in [2.75, 3.05) is 5.43 Å². The van der Waals surface area contributed by atoms with E-state index in [1.54, 1.807) is 0 Å². The minimum atomic E-state index is 0.576. The predicted octanol–water partition coefficient (Wildman–Crippen LogP) is 1.84. The molecular formula is C12H20N4. The van der Waals surface area contributed by atoms with Crippen molar-refractivity contribution in [1.29, 1.82) is 0 Å². The molecule has 16 heavy (non-hydrogen) atoms. The Morgan fingerprint density at radius 1 is 1.25 bits per heavy atom. The number of anilines is 1. The first kappa shape index (κ1) is 11.3. The molecule has 4 heteroatoms.